The Morgan fingerprint density at radius 3 is 2.68 bits per heavy atom. The smallest absolute Gasteiger partial charge is 0.259 e. The predicted octanol–water partition coefficient (Wildman–Crippen LogP) is 2.68. The van der Waals surface area contributed by atoms with Crippen molar-refractivity contribution >= 4 is 45.7 Å². The van der Waals surface area contributed by atoms with E-state index < -0.39 is 5.91 Å². The third-order valence-electron chi connectivity index (χ3n) is 2.28. The van der Waals surface area contributed by atoms with Gasteiger partial charge in [-0.25, -0.2) is 0 Å². The molecule has 0 aliphatic rings. The summed E-state index contributed by atoms with van der Waals surface area (Å²) >= 11 is 4.89. The van der Waals surface area contributed by atoms with Gasteiger partial charge in [0.15, 0.2) is 0 Å². The molecule has 0 aromatic carbocycles. The van der Waals surface area contributed by atoms with Crippen molar-refractivity contribution in [3.63, 3.8) is 0 Å². The van der Waals surface area contributed by atoms with Crippen LogP contribution in [0.5, 0.6) is 0 Å². The van der Waals surface area contributed by atoms with Crippen LogP contribution in [0.25, 0.3) is 6.08 Å². The summed E-state index contributed by atoms with van der Waals surface area (Å²) in [5.74, 6) is -0.423. The van der Waals surface area contributed by atoms with Crippen LogP contribution >= 0.6 is 27.3 Å². The summed E-state index contributed by atoms with van der Waals surface area (Å²) in [6.45, 7) is 1.98. The van der Waals surface area contributed by atoms with Gasteiger partial charge < -0.3 is 5.32 Å². The number of allylic oxidation sites excluding steroid dienone is 1. The van der Waals surface area contributed by atoms with Crippen molar-refractivity contribution < 1.29 is 9.59 Å². The monoisotopic (exact) mass is 342 g/mol. The fourth-order valence-corrected chi connectivity index (χ4v) is 2.86. The third kappa shape index (κ3) is 4.65. The van der Waals surface area contributed by atoms with E-state index in [1.54, 1.807) is 13.1 Å². The highest BCUT2D eigenvalue weighted by Gasteiger charge is 2.13. The van der Waals surface area contributed by atoms with Gasteiger partial charge in [-0.2, -0.15) is 0 Å². The quantitative estimate of drug-likeness (QED) is 0.474. The van der Waals surface area contributed by atoms with Gasteiger partial charge in [0.25, 0.3) is 5.91 Å². The van der Waals surface area contributed by atoms with Gasteiger partial charge in [0, 0.05) is 17.6 Å². The molecule has 0 aliphatic carbocycles. The number of halogens is 1. The van der Waals surface area contributed by atoms with E-state index in [2.05, 4.69) is 26.6 Å². The summed E-state index contributed by atoms with van der Waals surface area (Å²) < 4.78 is 0.986. The normalized spacial score (nSPS) is 12.2. The van der Waals surface area contributed by atoms with Crippen LogP contribution in [0.3, 0.4) is 0 Å². The molecule has 6 heteroatoms. The first-order valence-electron chi connectivity index (χ1n) is 5.72. The highest BCUT2D eigenvalue weighted by molar-refractivity contribution is 9.11. The predicted molar refractivity (Wildman–Crippen MR) is 81.6 cm³/mol. The summed E-state index contributed by atoms with van der Waals surface area (Å²) in [6.07, 6.45) is 4.83. The first kappa shape index (κ1) is 15.7. The number of likely N-dealkylation sites (N-methyl/N-ethyl adjacent to an activating group) is 1. The molecule has 1 aromatic heterocycles. The van der Waals surface area contributed by atoms with Gasteiger partial charge in [-0.1, -0.05) is 13.0 Å². The molecule has 2 amide bonds. The van der Waals surface area contributed by atoms with E-state index in [4.69, 9.17) is 0 Å². The second kappa shape index (κ2) is 7.91. The first-order chi connectivity index (χ1) is 9.12. The Morgan fingerprint density at radius 1 is 1.47 bits per heavy atom. The Bertz CT molecular complexity index is 520. The molecule has 0 spiro atoms. The zero-order chi connectivity index (χ0) is 14.3. The molecule has 0 saturated heterocycles. The number of nitrogens with one attached hydrogen (secondary N) is 2. The first-order valence-corrected chi connectivity index (χ1v) is 7.33. The summed E-state index contributed by atoms with van der Waals surface area (Å²) in [6, 6.07) is 3.82. The maximum absolute atomic E-state index is 11.9. The Balaban J connectivity index is 3.18. The number of carbonyl (C=O) groups excluding carboxylic acids is 2. The zero-order valence-corrected chi connectivity index (χ0v) is 13.1. The number of carbonyl (C=O) groups is 2. The third-order valence-corrected chi connectivity index (χ3v) is 3.85. The van der Waals surface area contributed by atoms with E-state index in [9.17, 15) is 9.59 Å². The second-order valence-corrected chi connectivity index (χ2v) is 6.06. The molecule has 0 bridgehead atoms. The van der Waals surface area contributed by atoms with Crippen LogP contribution in [0.4, 0.5) is 0 Å². The van der Waals surface area contributed by atoms with E-state index in [1.165, 1.54) is 11.3 Å². The fraction of sp³-hybridized carbons (Fsp3) is 0.231. The Kier molecular flexibility index (Phi) is 6.52. The van der Waals surface area contributed by atoms with E-state index in [1.807, 2.05) is 25.1 Å². The maximum atomic E-state index is 11.9. The molecule has 0 unspecified atom stereocenters. The van der Waals surface area contributed by atoms with Crippen molar-refractivity contribution in [2.45, 2.75) is 13.3 Å². The van der Waals surface area contributed by atoms with Crippen LogP contribution in [-0.4, -0.2) is 19.4 Å². The van der Waals surface area contributed by atoms with Crippen molar-refractivity contribution in [1.29, 1.82) is 0 Å². The lowest BCUT2D eigenvalue weighted by Crippen LogP contribution is -2.27. The van der Waals surface area contributed by atoms with E-state index in [-0.39, 0.29) is 0 Å². The molecule has 0 atom stereocenters. The van der Waals surface area contributed by atoms with Crippen molar-refractivity contribution in [2.24, 2.45) is 0 Å². The van der Waals surface area contributed by atoms with E-state index in [0.29, 0.717) is 17.7 Å². The molecule has 102 valence electrons. The Morgan fingerprint density at radius 2 is 2.21 bits per heavy atom. The number of hydrogen-bond donors (Lipinski definition) is 2. The number of amides is 2. The minimum atomic E-state index is -0.423. The van der Waals surface area contributed by atoms with Gasteiger partial charge >= 0.3 is 0 Å². The molecular formula is C13H15BrN2O2S. The van der Waals surface area contributed by atoms with Crippen LogP contribution < -0.4 is 10.6 Å². The number of rotatable bonds is 6. The molecule has 4 nitrogen and oxygen atoms in total. The molecular weight excluding hydrogens is 328 g/mol. The molecule has 0 aliphatic heterocycles. The lowest BCUT2D eigenvalue weighted by atomic mass is 10.1. The molecule has 0 radical (unpaired) electrons. The lowest BCUT2D eigenvalue weighted by Gasteiger charge is -2.10. The Labute approximate surface area is 124 Å². The fourth-order valence-electron chi connectivity index (χ4n) is 1.50. The molecule has 1 aromatic rings. The molecule has 19 heavy (non-hydrogen) atoms. The van der Waals surface area contributed by atoms with Gasteiger partial charge in [0.05, 0.1) is 9.36 Å². The van der Waals surface area contributed by atoms with Crippen LogP contribution in [0.15, 0.2) is 33.3 Å². The van der Waals surface area contributed by atoms with Crippen molar-refractivity contribution in [3.8, 4) is 0 Å². The molecule has 0 saturated carbocycles. The average molecular weight is 343 g/mol. The largest absolute Gasteiger partial charge is 0.388 e. The molecule has 1 rings (SSSR count). The summed E-state index contributed by atoms with van der Waals surface area (Å²) in [7, 11) is 1.74. The van der Waals surface area contributed by atoms with Crippen LogP contribution in [-0.2, 0) is 9.59 Å². The number of hydrogen-bond acceptors (Lipinski definition) is 4. The van der Waals surface area contributed by atoms with Crippen molar-refractivity contribution in [2.75, 3.05) is 7.05 Å². The molecule has 2 N–H and O–H groups in total. The van der Waals surface area contributed by atoms with Crippen molar-refractivity contribution in [1.82, 2.24) is 10.6 Å². The van der Waals surface area contributed by atoms with Gasteiger partial charge in [-0.3, -0.25) is 14.9 Å². The second-order valence-electron chi connectivity index (χ2n) is 3.57. The van der Waals surface area contributed by atoms with Gasteiger partial charge in [0.1, 0.15) is 0 Å². The SMILES string of the molecule is CC/C=C(NC)\C(=C\c1ccc(Br)s1)C(=O)NC=O. The topological polar surface area (TPSA) is 58.2 Å². The highest BCUT2D eigenvalue weighted by atomic mass is 79.9. The van der Waals surface area contributed by atoms with Gasteiger partial charge in [0.2, 0.25) is 6.41 Å². The maximum Gasteiger partial charge on any atom is 0.259 e. The average Bonchev–Trinajstić information content (AvgIpc) is 2.79. The summed E-state index contributed by atoms with van der Waals surface area (Å²) in [4.78, 5) is 23.3. The Hall–Kier alpha value is -1.40. The number of thiophene rings is 1. The van der Waals surface area contributed by atoms with Gasteiger partial charge in [-0.15, -0.1) is 11.3 Å². The zero-order valence-electron chi connectivity index (χ0n) is 10.7. The van der Waals surface area contributed by atoms with Crippen LogP contribution in [0.2, 0.25) is 0 Å². The van der Waals surface area contributed by atoms with E-state index in [0.717, 1.165) is 15.1 Å². The van der Waals surface area contributed by atoms with Crippen LogP contribution in [0.1, 0.15) is 18.2 Å². The number of imide groups is 1. The molecule has 0 fully saturated rings. The minimum Gasteiger partial charge on any atom is -0.388 e. The van der Waals surface area contributed by atoms with Crippen LogP contribution in [0, 0.1) is 0 Å². The lowest BCUT2D eigenvalue weighted by molar-refractivity contribution is -0.122. The molecule has 1 heterocycles. The standard InChI is InChI=1S/C13H15BrN2O2S/c1-3-4-11(15-2)10(13(18)16-8-17)7-9-5-6-12(14)19-9/h4-8,15H,3H2,1-2H3,(H,16,17,18)/b10-7-,11-4+. The highest BCUT2D eigenvalue weighted by Crippen LogP contribution is 2.25. The summed E-state index contributed by atoms with van der Waals surface area (Å²) in [5, 5.41) is 5.15. The van der Waals surface area contributed by atoms with Gasteiger partial charge in [-0.05, 0) is 40.6 Å². The van der Waals surface area contributed by atoms with E-state index >= 15 is 0 Å². The minimum absolute atomic E-state index is 0.389. The summed E-state index contributed by atoms with van der Waals surface area (Å²) in [5.41, 5.74) is 1.14. The van der Waals surface area contributed by atoms with Crippen molar-refractivity contribution in [3.05, 3.63) is 38.1 Å².